The summed E-state index contributed by atoms with van der Waals surface area (Å²) in [5.74, 6) is 2.65. The number of ether oxygens (including phenoxy) is 2. The van der Waals surface area contributed by atoms with E-state index in [4.69, 9.17) is 9.47 Å². The molecule has 8 aromatic rings. The van der Waals surface area contributed by atoms with Crippen molar-refractivity contribution in [3.8, 4) is 51.5 Å². The molecule has 0 spiro atoms. The van der Waals surface area contributed by atoms with Crippen LogP contribution in [0.1, 0.15) is 25.0 Å². The predicted molar refractivity (Wildman–Crippen MR) is 188 cm³/mol. The largest absolute Gasteiger partial charge is 2.00 e. The summed E-state index contributed by atoms with van der Waals surface area (Å²) in [7, 11) is 0. The number of pyridine rings is 2. The molecule has 8 rings (SSSR count). The van der Waals surface area contributed by atoms with E-state index in [1.54, 1.807) is 12.4 Å². The minimum absolute atomic E-state index is 0. The molecule has 0 aliphatic carbocycles. The van der Waals surface area contributed by atoms with Crippen molar-refractivity contribution >= 4 is 21.8 Å². The second-order valence-corrected chi connectivity index (χ2v) is 11.2. The Morgan fingerprint density at radius 3 is 1.49 bits per heavy atom. The predicted octanol–water partition coefficient (Wildman–Crippen LogP) is 9.00. The van der Waals surface area contributed by atoms with Gasteiger partial charge in [-0.15, -0.1) is 71.8 Å². The van der Waals surface area contributed by atoms with E-state index in [1.165, 1.54) is 12.7 Å². The van der Waals surface area contributed by atoms with Crippen LogP contribution in [0.3, 0.4) is 0 Å². The van der Waals surface area contributed by atoms with Crippen LogP contribution in [-0.4, -0.2) is 29.5 Å². The first kappa shape index (κ1) is 35.8. The monoisotopic (exact) mass is 937 g/mol. The number of benzene rings is 4. The molecule has 0 saturated heterocycles. The average molecular weight is 938 g/mol. The molecule has 0 unspecified atom stereocenters. The minimum atomic E-state index is 0. The number of rotatable bonds is 9. The summed E-state index contributed by atoms with van der Waals surface area (Å²) in [6.07, 6.45) is 8.01. The van der Waals surface area contributed by atoms with Crippen LogP contribution in [0.25, 0.3) is 50.3 Å². The van der Waals surface area contributed by atoms with Crippen molar-refractivity contribution < 1.29 is 51.0 Å². The van der Waals surface area contributed by atoms with E-state index in [0.29, 0.717) is 28.9 Å². The van der Waals surface area contributed by atoms with Crippen molar-refractivity contribution in [2.75, 3.05) is 0 Å². The van der Waals surface area contributed by atoms with Gasteiger partial charge in [-0.1, -0.05) is 74.1 Å². The average Bonchev–Trinajstić information content (AvgIpc) is 3.49. The third-order valence-corrected chi connectivity index (χ3v) is 8.21. The summed E-state index contributed by atoms with van der Waals surface area (Å²) >= 11 is 0. The first-order valence-corrected chi connectivity index (χ1v) is 16.0. The van der Waals surface area contributed by atoms with E-state index >= 15 is 0 Å². The molecule has 0 aliphatic heterocycles. The molecule has 0 atom stereocenters. The normalized spacial score (nSPS) is 10.8. The molecule has 8 nitrogen and oxygen atoms in total. The molecule has 254 valence electrons. The third kappa shape index (κ3) is 7.25. The minimum Gasteiger partial charge on any atom is -0.503 e. The van der Waals surface area contributed by atoms with Gasteiger partial charge in [-0.05, 0) is 23.5 Å². The zero-order valence-corrected chi connectivity index (χ0v) is 31.3. The van der Waals surface area contributed by atoms with E-state index in [9.17, 15) is 0 Å². The van der Waals surface area contributed by atoms with Crippen molar-refractivity contribution in [2.24, 2.45) is 0 Å². The molecule has 0 fully saturated rings. The zero-order valence-electron chi connectivity index (χ0n) is 27.4. The molecule has 4 aromatic heterocycles. The van der Waals surface area contributed by atoms with Crippen LogP contribution in [-0.2, 0) is 54.3 Å². The summed E-state index contributed by atoms with van der Waals surface area (Å²) in [5.41, 5.74) is 7.03. The van der Waals surface area contributed by atoms with E-state index in [0.717, 1.165) is 68.3 Å². The van der Waals surface area contributed by atoms with Gasteiger partial charge in [0, 0.05) is 35.4 Å². The van der Waals surface area contributed by atoms with Gasteiger partial charge in [0.2, 0.25) is 5.95 Å². The number of hydrogen-bond donors (Lipinski definition) is 0. The summed E-state index contributed by atoms with van der Waals surface area (Å²) in [6.45, 7) is 4.27. The Bertz CT molecular complexity index is 2280. The summed E-state index contributed by atoms with van der Waals surface area (Å²) in [6, 6.07) is 41.0. The van der Waals surface area contributed by atoms with Gasteiger partial charge in [0.25, 0.3) is 0 Å². The maximum absolute atomic E-state index is 6.44. The maximum atomic E-state index is 6.44. The Kier molecular flexibility index (Phi) is 11.1. The van der Waals surface area contributed by atoms with Crippen molar-refractivity contribution in [3.05, 3.63) is 145 Å². The molecule has 0 saturated carbocycles. The second-order valence-electron chi connectivity index (χ2n) is 11.2. The van der Waals surface area contributed by atoms with Gasteiger partial charge in [0.15, 0.2) is 0 Å². The SMILES string of the molecule is CCc1cc(Oc2[c-]c(-c3ccccn3)ccc2)[c-]c2c1c1c(CC)cc(Oc3[c-]c(-c4ccccn4)ccc3)[c-]c1n2-c1ncncn1.[Pd+2].[Pt+2]. The first-order chi connectivity index (χ1) is 24.2. The Morgan fingerprint density at radius 1 is 0.569 bits per heavy atom. The van der Waals surface area contributed by atoms with Crippen LogP contribution in [0.4, 0.5) is 0 Å². The Morgan fingerprint density at radius 2 is 1.06 bits per heavy atom. The fraction of sp³-hybridized carbons (Fsp3) is 0.0976. The van der Waals surface area contributed by atoms with Crippen LogP contribution in [0.15, 0.2) is 110 Å². The van der Waals surface area contributed by atoms with Crippen molar-refractivity contribution in [1.82, 2.24) is 29.5 Å². The van der Waals surface area contributed by atoms with E-state index in [1.807, 2.05) is 89.5 Å². The van der Waals surface area contributed by atoms with Gasteiger partial charge >= 0.3 is 41.5 Å². The van der Waals surface area contributed by atoms with Crippen molar-refractivity contribution in [2.45, 2.75) is 26.7 Å². The molecule has 4 aromatic carbocycles. The van der Waals surface area contributed by atoms with Crippen LogP contribution in [0.5, 0.6) is 23.0 Å². The third-order valence-electron chi connectivity index (χ3n) is 8.21. The van der Waals surface area contributed by atoms with Gasteiger partial charge in [0.1, 0.15) is 12.7 Å². The number of aromatic nitrogens is 6. The molecule has 0 radical (unpaired) electrons. The number of hydrogen-bond acceptors (Lipinski definition) is 7. The quantitative estimate of drug-likeness (QED) is 0.106. The topological polar surface area (TPSA) is 87.8 Å². The molecular formula is C41H28N6O2PdPt. The Balaban J connectivity index is 0.00000224. The molecular weight excluding hydrogens is 910 g/mol. The number of nitrogens with zero attached hydrogens (tertiary/aromatic N) is 6. The zero-order chi connectivity index (χ0) is 33.2. The van der Waals surface area contributed by atoms with E-state index in [-0.39, 0.29) is 41.5 Å². The maximum Gasteiger partial charge on any atom is 2.00 e. The van der Waals surface area contributed by atoms with Gasteiger partial charge in [-0.2, -0.15) is 21.9 Å². The fourth-order valence-corrected chi connectivity index (χ4v) is 6.01. The van der Waals surface area contributed by atoms with Crippen LogP contribution in [0.2, 0.25) is 0 Å². The fourth-order valence-electron chi connectivity index (χ4n) is 6.01. The first-order valence-electron chi connectivity index (χ1n) is 16.0. The summed E-state index contributed by atoms with van der Waals surface area (Å²) in [4.78, 5) is 22.1. The van der Waals surface area contributed by atoms with Gasteiger partial charge in [0.05, 0.1) is 0 Å². The van der Waals surface area contributed by atoms with Crippen LogP contribution in [0, 0.1) is 24.3 Å². The van der Waals surface area contributed by atoms with Gasteiger partial charge < -0.3 is 24.0 Å². The number of fused-ring (bicyclic) bond motifs is 3. The molecule has 0 amide bonds. The van der Waals surface area contributed by atoms with E-state index < -0.39 is 0 Å². The molecule has 4 heterocycles. The van der Waals surface area contributed by atoms with E-state index in [2.05, 4.69) is 63.0 Å². The van der Waals surface area contributed by atoms with Gasteiger partial charge in [-0.3, -0.25) is 0 Å². The molecule has 0 N–H and O–H groups in total. The van der Waals surface area contributed by atoms with Crippen molar-refractivity contribution in [1.29, 1.82) is 0 Å². The summed E-state index contributed by atoms with van der Waals surface area (Å²) in [5, 5.41) is 2.08. The molecule has 0 aliphatic rings. The second kappa shape index (κ2) is 15.9. The Hall–Kier alpha value is -5.06. The standard InChI is InChI=1S/C41H28N6O2.Pd.Pt/c1-3-27-19-33(48-31-13-9-11-29(21-31)35-15-5-7-17-43-35)23-37-39(27)40-28(4-2)20-34(24-38(40)47(37)41-45-25-42-26-46-41)49-32-14-10-12-30(22-32)36-16-6-8-18-44-36;;/h5-20,25-26H,3-4H2,1-2H3;;/q-4;2*+2. The smallest absolute Gasteiger partial charge is 0.503 e. The van der Waals surface area contributed by atoms with Crippen molar-refractivity contribution in [3.63, 3.8) is 0 Å². The number of aryl methyl sites for hydroxylation is 2. The van der Waals surface area contributed by atoms with Crippen LogP contribution < -0.4 is 9.47 Å². The Labute approximate surface area is 323 Å². The van der Waals surface area contributed by atoms with Gasteiger partial charge in [-0.25, -0.2) is 15.0 Å². The summed E-state index contributed by atoms with van der Waals surface area (Å²) < 4.78 is 14.8. The molecule has 0 bridgehead atoms. The van der Waals surface area contributed by atoms with Crippen LogP contribution >= 0.6 is 0 Å². The molecule has 51 heavy (non-hydrogen) atoms. The molecule has 10 heteroatoms.